The highest BCUT2D eigenvalue weighted by atomic mass is 32.1. The zero-order valence-electron chi connectivity index (χ0n) is 31.6. The fourth-order valence-electron chi connectivity index (χ4n) is 6.43. The summed E-state index contributed by atoms with van der Waals surface area (Å²) < 4.78 is 11.3. The van der Waals surface area contributed by atoms with Crippen molar-refractivity contribution in [3.8, 4) is 5.75 Å². The van der Waals surface area contributed by atoms with Crippen molar-refractivity contribution in [2.45, 2.75) is 50.8 Å². The van der Waals surface area contributed by atoms with Gasteiger partial charge in [0.15, 0.2) is 11.7 Å². The van der Waals surface area contributed by atoms with Crippen molar-refractivity contribution in [2.24, 2.45) is 15.9 Å². The van der Waals surface area contributed by atoms with Crippen LogP contribution in [0.1, 0.15) is 61.6 Å². The summed E-state index contributed by atoms with van der Waals surface area (Å²) in [5.41, 5.74) is 8.47. The Bertz CT molecular complexity index is 2020. The normalized spacial score (nSPS) is 15.2. The van der Waals surface area contributed by atoms with Crippen LogP contribution in [0.5, 0.6) is 5.75 Å². The van der Waals surface area contributed by atoms with Gasteiger partial charge in [0.25, 0.3) is 0 Å². The quantitative estimate of drug-likeness (QED) is 0.0341. The number of ether oxygens (including phenoxy) is 2. The predicted molar refractivity (Wildman–Crippen MR) is 219 cm³/mol. The summed E-state index contributed by atoms with van der Waals surface area (Å²) in [5, 5.41) is 19.8. The number of aliphatic carboxylic acids is 1. The van der Waals surface area contributed by atoms with Crippen molar-refractivity contribution in [2.75, 3.05) is 31.6 Å². The van der Waals surface area contributed by atoms with Crippen molar-refractivity contribution in [1.82, 2.24) is 9.88 Å². The topological polar surface area (TPSA) is 161 Å². The van der Waals surface area contributed by atoms with Gasteiger partial charge >= 0.3 is 12.1 Å². The lowest BCUT2D eigenvalue weighted by molar-refractivity contribution is -0.129. The number of likely N-dealkylation sites (tertiary alicyclic amines) is 1. The van der Waals surface area contributed by atoms with E-state index in [2.05, 4.69) is 56.8 Å². The summed E-state index contributed by atoms with van der Waals surface area (Å²) in [6, 6.07) is 37.2. The molecule has 4 aromatic carbocycles. The minimum atomic E-state index is -1.27. The number of amides is 1. The molecule has 13 heteroatoms. The van der Waals surface area contributed by atoms with Gasteiger partial charge in [-0.15, -0.1) is 11.3 Å². The number of carboxylic acid groups (broad SMARTS) is 1. The molecule has 1 aromatic heterocycles. The van der Waals surface area contributed by atoms with E-state index in [9.17, 15) is 14.7 Å². The summed E-state index contributed by atoms with van der Waals surface area (Å²) >= 11 is 1.28. The first kappa shape index (κ1) is 39.5. The number of thiazole rings is 1. The first-order valence-corrected chi connectivity index (χ1v) is 19.3. The van der Waals surface area contributed by atoms with Crippen LogP contribution in [0.4, 0.5) is 9.93 Å². The number of hydrogen-bond donors (Lipinski definition) is 3. The first-order chi connectivity index (χ1) is 27.0. The van der Waals surface area contributed by atoms with Crippen LogP contribution in [-0.4, -0.2) is 76.5 Å². The van der Waals surface area contributed by atoms with E-state index in [1.165, 1.54) is 11.3 Å². The van der Waals surface area contributed by atoms with Crippen LogP contribution in [-0.2, 0) is 19.9 Å². The number of benzene rings is 4. The molecule has 4 N–H and O–H groups in total. The van der Waals surface area contributed by atoms with E-state index < -0.39 is 17.1 Å². The number of anilines is 1. The number of carbonyl (C=O) groups is 2. The lowest BCUT2D eigenvalue weighted by atomic mass is 9.77. The fraction of sp³-hybridized carbons (Fsp3) is 0.279. The van der Waals surface area contributed by atoms with Crippen LogP contribution >= 0.6 is 11.3 Å². The third-order valence-corrected chi connectivity index (χ3v) is 9.74. The fourth-order valence-corrected chi connectivity index (χ4v) is 7.18. The van der Waals surface area contributed by atoms with Gasteiger partial charge in [-0.1, -0.05) is 96.2 Å². The molecular formula is C43H46N6O6S. The predicted octanol–water partition coefficient (Wildman–Crippen LogP) is 7.54. The van der Waals surface area contributed by atoms with Crippen LogP contribution < -0.4 is 15.8 Å². The highest BCUT2D eigenvalue weighted by molar-refractivity contribution is 7.14. The molecule has 0 bridgehead atoms. The Morgan fingerprint density at radius 2 is 1.48 bits per heavy atom. The monoisotopic (exact) mass is 774 g/mol. The maximum atomic E-state index is 12.5. The number of rotatable bonds is 14. The smallest absolute Gasteiger partial charge is 0.410 e. The van der Waals surface area contributed by atoms with Crippen molar-refractivity contribution in [3.05, 3.63) is 149 Å². The maximum absolute atomic E-state index is 12.5. The largest absolute Gasteiger partial charge is 0.490 e. The van der Waals surface area contributed by atoms with Gasteiger partial charge in [-0.3, -0.25) is 4.99 Å². The highest BCUT2D eigenvalue weighted by Gasteiger charge is 2.37. The van der Waals surface area contributed by atoms with Crippen molar-refractivity contribution < 1.29 is 29.0 Å². The number of aliphatic imine (C=N–C) groups is 1. The van der Waals surface area contributed by atoms with E-state index in [4.69, 9.17) is 20.0 Å². The number of nitrogens with one attached hydrogen (secondary N) is 1. The average Bonchev–Trinajstić information content (AvgIpc) is 3.66. The van der Waals surface area contributed by atoms with E-state index in [0.29, 0.717) is 29.8 Å². The summed E-state index contributed by atoms with van der Waals surface area (Å²) in [4.78, 5) is 41.3. The van der Waals surface area contributed by atoms with E-state index in [0.717, 1.165) is 35.1 Å². The molecule has 1 saturated heterocycles. The number of carboxylic acids is 1. The van der Waals surface area contributed by atoms with E-state index >= 15 is 0 Å². The van der Waals surface area contributed by atoms with E-state index in [1.54, 1.807) is 34.5 Å². The molecule has 5 aromatic rings. The number of piperidine rings is 1. The second-order valence-electron chi connectivity index (χ2n) is 14.2. The molecule has 290 valence electrons. The molecule has 1 amide bonds. The Kier molecular flexibility index (Phi) is 12.7. The molecule has 0 spiro atoms. The minimum Gasteiger partial charge on any atom is -0.490 e. The lowest BCUT2D eigenvalue weighted by Crippen LogP contribution is -2.44. The van der Waals surface area contributed by atoms with Crippen LogP contribution in [0.2, 0.25) is 0 Å². The molecule has 2 heterocycles. The molecule has 56 heavy (non-hydrogen) atoms. The number of aromatic nitrogens is 1. The standard InChI is InChI=1S/C43H46N6O6S/c1-42(2,3)55-41(52)49-25-13-20-34(28-49)45-38(44)30-21-23-35(24-22-30)53-26-27-54-48-37(39(50)51)36-29-56-40(46-36)47-43(31-14-7-4-8-15-31,32-16-9-5-10-17-32)33-18-11-6-12-19-33/h4-12,14-19,21-24,29,34H,13,20,25-28H2,1-3H3,(H2,44,45)(H,46,47)(H,50,51)/b48-37-/t34-/m1/s1. The average molecular weight is 775 g/mol. The molecule has 1 fully saturated rings. The van der Waals surface area contributed by atoms with E-state index in [-0.39, 0.29) is 36.8 Å². The second-order valence-corrected chi connectivity index (χ2v) is 15.1. The molecule has 1 aliphatic rings. The van der Waals surface area contributed by atoms with Gasteiger partial charge in [0.05, 0.1) is 6.04 Å². The molecule has 12 nitrogen and oxygen atoms in total. The maximum Gasteiger partial charge on any atom is 0.410 e. The lowest BCUT2D eigenvalue weighted by Gasteiger charge is -2.36. The molecule has 0 saturated carbocycles. The second kappa shape index (κ2) is 17.9. The molecular weight excluding hydrogens is 729 g/mol. The van der Waals surface area contributed by atoms with Crippen LogP contribution in [0.3, 0.4) is 0 Å². The van der Waals surface area contributed by atoms with Gasteiger partial charge in [-0.25, -0.2) is 14.6 Å². The first-order valence-electron chi connectivity index (χ1n) is 18.4. The van der Waals surface area contributed by atoms with Gasteiger partial charge < -0.3 is 35.4 Å². The van der Waals surface area contributed by atoms with Crippen LogP contribution in [0, 0.1) is 0 Å². The van der Waals surface area contributed by atoms with Gasteiger partial charge in [-0.2, -0.15) is 0 Å². The zero-order valence-corrected chi connectivity index (χ0v) is 32.4. The Balaban J connectivity index is 1.07. The summed E-state index contributed by atoms with van der Waals surface area (Å²) in [5.74, 6) is -0.336. The number of oxime groups is 1. The van der Waals surface area contributed by atoms with Gasteiger partial charge in [-0.05, 0) is 74.6 Å². The number of amidine groups is 1. The van der Waals surface area contributed by atoms with Crippen molar-refractivity contribution in [3.63, 3.8) is 0 Å². The van der Waals surface area contributed by atoms with Crippen LogP contribution in [0.15, 0.2) is 131 Å². The summed E-state index contributed by atoms with van der Waals surface area (Å²) in [6.07, 6.45) is 1.30. The number of nitrogens with two attached hydrogens (primary N) is 1. The van der Waals surface area contributed by atoms with E-state index in [1.807, 2.05) is 75.4 Å². The Labute approximate surface area is 330 Å². The Hall–Kier alpha value is -6.21. The van der Waals surface area contributed by atoms with Crippen molar-refractivity contribution >= 4 is 40.1 Å². The van der Waals surface area contributed by atoms with Gasteiger partial charge in [0, 0.05) is 24.0 Å². The Morgan fingerprint density at radius 1 is 0.893 bits per heavy atom. The molecule has 1 aliphatic heterocycles. The molecule has 0 unspecified atom stereocenters. The van der Waals surface area contributed by atoms with Crippen molar-refractivity contribution in [1.29, 1.82) is 0 Å². The zero-order chi connectivity index (χ0) is 39.5. The Morgan fingerprint density at radius 3 is 2.04 bits per heavy atom. The molecule has 1 atom stereocenters. The van der Waals surface area contributed by atoms with Gasteiger partial charge in [0.2, 0.25) is 5.71 Å². The molecule has 0 aliphatic carbocycles. The van der Waals surface area contributed by atoms with Crippen LogP contribution in [0.25, 0.3) is 0 Å². The SMILES string of the molecule is CC(C)(C)OC(=O)N1CCC[C@@H](N=C(N)c2ccc(OCCO/N=C(\C(=O)O)c3csc(NC(c4ccccc4)(c4ccccc4)c4ccccc4)n3)cc2)C1. The third-order valence-electron chi connectivity index (χ3n) is 8.98. The number of carbonyl (C=O) groups excluding carboxylic acids is 1. The highest BCUT2D eigenvalue weighted by Crippen LogP contribution is 2.40. The minimum absolute atomic E-state index is 0.00761. The molecule has 6 rings (SSSR count). The number of nitrogens with zero attached hydrogens (tertiary/aromatic N) is 4. The number of hydrogen-bond acceptors (Lipinski definition) is 10. The third kappa shape index (κ3) is 9.90. The van der Waals surface area contributed by atoms with Gasteiger partial charge in [0.1, 0.15) is 35.0 Å². The summed E-state index contributed by atoms with van der Waals surface area (Å²) in [7, 11) is 0. The molecule has 0 radical (unpaired) electrons. The summed E-state index contributed by atoms with van der Waals surface area (Å²) in [6.45, 7) is 6.71.